The first-order valence-corrected chi connectivity index (χ1v) is 6.19. The van der Waals surface area contributed by atoms with Crippen molar-refractivity contribution in [3.8, 4) is 5.75 Å². The Morgan fingerprint density at radius 1 is 1.30 bits per heavy atom. The third kappa shape index (κ3) is 4.17. The molecule has 1 N–H and O–H groups in total. The number of aliphatic carboxylic acids is 1. The molecule has 1 heterocycles. The van der Waals surface area contributed by atoms with E-state index in [-0.39, 0.29) is 6.54 Å². The van der Waals surface area contributed by atoms with E-state index in [0.717, 1.165) is 17.1 Å². The lowest BCUT2D eigenvalue weighted by molar-refractivity contribution is -0.135. The van der Waals surface area contributed by atoms with Gasteiger partial charge in [-0.2, -0.15) is 0 Å². The SMILES string of the molecule is COc1ccc(N=C2COCC(=NCC(=O)O)C2)cc1. The molecule has 0 atom stereocenters. The third-order valence-electron chi connectivity index (χ3n) is 2.74. The molecule has 0 unspecified atom stereocenters. The zero-order valence-corrected chi connectivity index (χ0v) is 11.2. The molecule has 20 heavy (non-hydrogen) atoms. The predicted molar refractivity (Wildman–Crippen MR) is 75.5 cm³/mol. The number of carboxylic acids is 1. The van der Waals surface area contributed by atoms with Crippen molar-refractivity contribution in [2.24, 2.45) is 9.98 Å². The van der Waals surface area contributed by atoms with Crippen molar-refractivity contribution >= 4 is 23.1 Å². The van der Waals surface area contributed by atoms with Crippen LogP contribution in [-0.4, -0.2) is 49.4 Å². The molecule has 6 heteroatoms. The lowest BCUT2D eigenvalue weighted by atomic mass is 10.1. The summed E-state index contributed by atoms with van der Waals surface area (Å²) < 4.78 is 10.4. The number of hydrogen-bond donors (Lipinski definition) is 1. The number of carboxylic acid groups (broad SMARTS) is 1. The van der Waals surface area contributed by atoms with Crippen LogP contribution in [0.3, 0.4) is 0 Å². The Bertz CT molecular complexity index is 535. The van der Waals surface area contributed by atoms with Gasteiger partial charge in [0.2, 0.25) is 0 Å². The van der Waals surface area contributed by atoms with Crippen LogP contribution in [0, 0.1) is 0 Å². The molecule has 1 fully saturated rings. The first kappa shape index (κ1) is 14.2. The molecule has 0 aromatic heterocycles. The van der Waals surface area contributed by atoms with Gasteiger partial charge in [-0.1, -0.05) is 0 Å². The van der Waals surface area contributed by atoms with E-state index in [2.05, 4.69) is 9.98 Å². The van der Waals surface area contributed by atoms with Crippen LogP contribution >= 0.6 is 0 Å². The van der Waals surface area contributed by atoms with E-state index in [4.69, 9.17) is 14.6 Å². The number of hydrogen-bond acceptors (Lipinski definition) is 5. The Labute approximate surface area is 116 Å². The number of ether oxygens (including phenoxy) is 2. The van der Waals surface area contributed by atoms with Gasteiger partial charge in [0.05, 0.1) is 31.7 Å². The highest BCUT2D eigenvalue weighted by Gasteiger charge is 2.14. The lowest BCUT2D eigenvalue weighted by Crippen LogP contribution is -2.26. The van der Waals surface area contributed by atoms with E-state index in [1.807, 2.05) is 24.3 Å². The number of benzene rings is 1. The second-order valence-corrected chi connectivity index (χ2v) is 4.32. The Morgan fingerprint density at radius 2 is 2.00 bits per heavy atom. The Kier molecular flexibility index (Phi) is 4.84. The molecule has 0 spiro atoms. The van der Waals surface area contributed by atoms with Crippen LogP contribution in [0.4, 0.5) is 5.69 Å². The molecule has 106 valence electrons. The van der Waals surface area contributed by atoms with Crippen molar-refractivity contribution in [2.45, 2.75) is 6.42 Å². The summed E-state index contributed by atoms with van der Waals surface area (Å²) in [4.78, 5) is 19.0. The smallest absolute Gasteiger partial charge is 0.325 e. The molecule has 0 amide bonds. The van der Waals surface area contributed by atoms with Crippen molar-refractivity contribution in [1.29, 1.82) is 0 Å². The molecule has 0 aliphatic carbocycles. The number of methoxy groups -OCH3 is 1. The van der Waals surface area contributed by atoms with Gasteiger partial charge in [0.1, 0.15) is 12.3 Å². The minimum absolute atomic E-state index is 0.228. The highest BCUT2D eigenvalue weighted by molar-refractivity contribution is 6.08. The van der Waals surface area contributed by atoms with Gasteiger partial charge in [-0.25, -0.2) is 0 Å². The van der Waals surface area contributed by atoms with Crippen molar-refractivity contribution in [3.63, 3.8) is 0 Å². The topological polar surface area (TPSA) is 80.5 Å². The zero-order chi connectivity index (χ0) is 14.4. The highest BCUT2D eigenvalue weighted by atomic mass is 16.5. The summed E-state index contributed by atoms with van der Waals surface area (Å²) >= 11 is 0. The maximum Gasteiger partial charge on any atom is 0.325 e. The van der Waals surface area contributed by atoms with Crippen LogP contribution in [0.2, 0.25) is 0 Å². The lowest BCUT2D eigenvalue weighted by Gasteiger charge is -2.16. The number of aliphatic imine (C=N–C) groups is 2. The summed E-state index contributed by atoms with van der Waals surface area (Å²) in [5.74, 6) is -0.172. The summed E-state index contributed by atoms with van der Waals surface area (Å²) in [6, 6.07) is 7.38. The fourth-order valence-corrected chi connectivity index (χ4v) is 1.82. The molecular formula is C14H16N2O4. The average Bonchev–Trinajstić information content (AvgIpc) is 2.46. The highest BCUT2D eigenvalue weighted by Crippen LogP contribution is 2.19. The largest absolute Gasteiger partial charge is 0.497 e. The normalized spacial score (nSPS) is 19.2. The molecule has 1 aromatic carbocycles. The van der Waals surface area contributed by atoms with Crippen LogP contribution in [0.5, 0.6) is 5.75 Å². The summed E-state index contributed by atoms with van der Waals surface area (Å²) in [6.45, 7) is 0.585. The molecular weight excluding hydrogens is 260 g/mol. The summed E-state index contributed by atoms with van der Waals surface area (Å²) in [5, 5.41) is 8.60. The molecule has 6 nitrogen and oxygen atoms in total. The van der Waals surface area contributed by atoms with E-state index in [1.165, 1.54) is 0 Å². The minimum atomic E-state index is -0.947. The van der Waals surface area contributed by atoms with Crippen molar-refractivity contribution in [1.82, 2.24) is 0 Å². The van der Waals surface area contributed by atoms with Gasteiger partial charge in [-0.05, 0) is 24.3 Å². The minimum Gasteiger partial charge on any atom is -0.497 e. The van der Waals surface area contributed by atoms with Crippen LogP contribution in [-0.2, 0) is 9.53 Å². The maximum absolute atomic E-state index is 10.5. The van der Waals surface area contributed by atoms with E-state index in [0.29, 0.717) is 25.3 Å². The van der Waals surface area contributed by atoms with Gasteiger partial charge >= 0.3 is 5.97 Å². The van der Waals surface area contributed by atoms with Crippen LogP contribution in [0.1, 0.15) is 6.42 Å². The Balaban J connectivity index is 2.05. The van der Waals surface area contributed by atoms with Crippen LogP contribution in [0.25, 0.3) is 0 Å². The number of carbonyl (C=O) groups is 1. The molecule has 1 aliphatic heterocycles. The first-order chi connectivity index (χ1) is 9.67. The van der Waals surface area contributed by atoms with Gasteiger partial charge in [-0.3, -0.25) is 14.8 Å². The number of nitrogens with zero attached hydrogens (tertiary/aromatic N) is 2. The van der Waals surface area contributed by atoms with Crippen LogP contribution in [0.15, 0.2) is 34.3 Å². The molecule has 1 aliphatic rings. The Hall–Kier alpha value is -2.21. The summed E-state index contributed by atoms with van der Waals surface area (Å²) in [5.41, 5.74) is 2.36. The summed E-state index contributed by atoms with van der Waals surface area (Å²) in [6.07, 6.45) is 0.555. The van der Waals surface area contributed by atoms with E-state index in [9.17, 15) is 4.79 Å². The second-order valence-electron chi connectivity index (χ2n) is 4.32. The molecule has 1 saturated heterocycles. The second kappa shape index (κ2) is 6.81. The summed E-state index contributed by atoms with van der Waals surface area (Å²) in [7, 11) is 1.61. The van der Waals surface area contributed by atoms with Gasteiger partial charge in [0.15, 0.2) is 0 Å². The monoisotopic (exact) mass is 276 g/mol. The molecule has 1 aromatic rings. The van der Waals surface area contributed by atoms with Crippen LogP contribution < -0.4 is 4.74 Å². The molecule has 0 radical (unpaired) electrons. The average molecular weight is 276 g/mol. The van der Waals surface area contributed by atoms with Gasteiger partial charge < -0.3 is 14.6 Å². The standard InChI is InChI=1S/C14H16N2O4/c1-19-13-4-2-10(3-5-13)16-12-6-11(8-20-9-12)15-7-14(17)18/h2-5H,6-9H2,1H3,(H,17,18). The van der Waals surface area contributed by atoms with Gasteiger partial charge in [0.25, 0.3) is 0 Å². The quantitative estimate of drug-likeness (QED) is 0.907. The molecule has 0 saturated carbocycles. The molecule has 0 bridgehead atoms. The fourth-order valence-electron chi connectivity index (χ4n) is 1.82. The van der Waals surface area contributed by atoms with Gasteiger partial charge in [-0.15, -0.1) is 0 Å². The number of rotatable bonds is 4. The molecule has 2 rings (SSSR count). The predicted octanol–water partition coefficient (Wildman–Crippen LogP) is 1.71. The van der Waals surface area contributed by atoms with Gasteiger partial charge in [0, 0.05) is 12.1 Å². The van der Waals surface area contributed by atoms with E-state index < -0.39 is 5.97 Å². The van der Waals surface area contributed by atoms with Crippen molar-refractivity contribution < 1.29 is 19.4 Å². The first-order valence-electron chi connectivity index (χ1n) is 6.19. The third-order valence-corrected chi connectivity index (χ3v) is 2.74. The van der Waals surface area contributed by atoms with Crippen molar-refractivity contribution in [3.05, 3.63) is 24.3 Å². The fraction of sp³-hybridized carbons (Fsp3) is 0.357. The van der Waals surface area contributed by atoms with E-state index in [1.54, 1.807) is 7.11 Å². The Morgan fingerprint density at radius 3 is 2.65 bits per heavy atom. The zero-order valence-electron chi connectivity index (χ0n) is 11.2. The van der Waals surface area contributed by atoms with Crippen molar-refractivity contribution in [2.75, 3.05) is 26.9 Å². The maximum atomic E-state index is 10.5. The van der Waals surface area contributed by atoms with E-state index >= 15 is 0 Å².